The lowest BCUT2D eigenvalue weighted by atomic mass is 9.80. The highest BCUT2D eigenvalue weighted by molar-refractivity contribution is 5.91. The number of morpholine rings is 1. The molecule has 19 heteroatoms. The lowest BCUT2D eigenvalue weighted by Gasteiger charge is -2.46. The second-order valence-corrected chi connectivity index (χ2v) is 12.7. The van der Waals surface area contributed by atoms with E-state index in [4.69, 9.17) is 20.3 Å². The summed E-state index contributed by atoms with van der Waals surface area (Å²) in [6, 6.07) is 3.72. The molecule has 1 amide bonds. The Kier molecular flexibility index (Phi) is 11.2. The van der Waals surface area contributed by atoms with E-state index in [1.807, 2.05) is 0 Å². The van der Waals surface area contributed by atoms with E-state index in [2.05, 4.69) is 9.97 Å². The molecule has 2 atom stereocenters. The number of carboxylic acids is 1. The molecule has 1 saturated heterocycles. The van der Waals surface area contributed by atoms with Crippen LogP contribution in [-0.2, 0) is 39.2 Å². The van der Waals surface area contributed by atoms with Crippen molar-refractivity contribution in [1.29, 1.82) is 0 Å². The molecular weight excluding hydrogens is 729 g/mol. The van der Waals surface area contributed by atoms with Gasteiger partial charge in [0.1, 0.15) is 11.5 Å². The van der Waals surface area contributed by atoms with Crippen LogP contribution in [0.25, 0.3) is 0 Å². The Morgan fingerprint density at radius 1 is 0.943 bits per heavy atom. The number of carboxylic acid groups (broad SMARTS) is 1. The van der Waals surface area contributed by atoms with E-state index in [1.54, 1.807) is 11.8 Å². The topological polar surface area (TPSA) is 131 Å². The van der Waals surface area contributed by atoms with Gasteiger partial charge in [0.15, 0.2) is 0 Å². The second-order valence-electron chi connectivity index (χ2n) is 12.7. The average molecular weight is 764 g/mol. The van der Waals surface area contributed by atoms with Crippen molar-refractivity contribution in [2.45, 2.75) is 69.1 Å². The largest absolute Gasteiger partial charge is 0.481 e. The summed E-state index contributed by atoms with van der Waals surface area (Å²) >= 11 is 0. The second kappa shape index (κ2) is 15.0. The Labute approximate surface area is 296 Å². The Morgan fingerprint density at radius 3 is 2.13 bits per heavy atom. The molecule has 1 fully saturated rings. The van der Waals surface area contributed by atoms with Crippen molar-refractivity contribution in [3.8, 4) is 0 Å². The van der Waals surface area contributed by atoms with Gasteiger partial charge in [-0.25, -0.2) is 14.8 Å². The summed E-state index contributed by atoms with van der Waals surface area (Å²) in [7, 11) is 0. The Balaban J connectivity index is 1.65. The van der Waals surface area contributed by atoms with Crippen LogP contribution in [0.3, 0.4) is 0 Å². The third-order valence-electron chi connectivity index (χ3n) is 9.08. The number of hydrogen-bond acceptors (Lipinski definition) is 8. The molecule has 0 unspecified atom stereocenters. The van der Waals surface area contributed by atoms with Gasteiger partial charge in [0.05, 0.1) is 59.8 Å². The van der Waals surface area contributed by atoms with E-state index in [9.17, 15) is 49.1 Å². The lowest BCUT2D eigenvalue weighted by molar-refractivity contribution is -0.143. The van der Waals surface area contributed by atoms with Crippen LogP contribution in [0.2, 0.25) is 0 Å². The number of alkyl halides is 9. The van der Waals surface area contributed by atoms with E-state index >= 15 is 0 Å². The summed E-state index contributed by atoms with van der Waals surface area (Å²) in [6.07, 6.45) is -16.0. The van der Waals surface area contributed by atoms with Gasteiger partial charge in [-0.05, 0) is 66.8 Å². The molecule has 0 saturated carbocycles. The van der Waals surface area contributed by atoms with Crippen LogP contribution < -0.4 is 15.5 Å². The van der Waals surface area contributed by atoms with Gasteiger partial charge in [-0.15, -0.1) is 0 Å². The van der Waals surface area contributed by atoms with Crippen molar-refractivity contribution in [3.63, 3.8) is 0 Å². The number of rotatable bonds is 9. The first-order chi connectivity index (χ1) is 24.7. The van der Waals surface area contributed by atoms with Gasteiger partial charge in [0.25, 0.3) is 0 Å². The molecule has 3 N–H and O–H groups in total. The first-order valence-electron chi connectivity index (χ1n) is 16.4. The van der Waals surface area contributed by atoms with Crippen LogP contribution in [0.1, 0.15) is 77.9 Å². The van der Waals surface area contributed by atoms with Crippen molar-refractivity contribution < 1.29 is 63.7 Å². The number of halogens is 9. The summed E-state index contributed by atoms with van der Waals surface area (Å²) in [5.41, 5.74) is 0.682. The first kappa shape index (κ1) is 39.6. The molecule has 2 aliphatic heterocycles. The normalized spacial score (nSPS) is 19.6. The summed E-state index contributed by atoms with van der Waals surface area (Å²) in [6.45, 7) is 2.32. The number of aromatic nitrogens is 2. The maximum absolute atomic E-state index is 14.0. The minimum Gasteiger partial charge on any atom is -0.481 e. The van der Waals surface area contributed by atoms with Crippen molar-refractivity contribution in [3.05, 3.63) is 81.9 Å². The summed E-state index contributed by atoms with van der Waals surface area (Å²) in [5, 5.41) is 8.92. The van der Waals surface area contributed by atoms with Crippen LogP contribution in [0.15, 0.2) is 42.6 Å². The average Bonchev–Trinajstić information content (AvgIpc) is 3.08. The number of carbonyl (C=O) groups excluding carboxylic acids is 1. The molecular formula is C34H34F9N5O5. The van der Waals surface area contributed by atoms with Crippen LogP contribution in [-0.4, -0.2) is 65.7 Å². The number of nitrogens with two attached hydrogens (primary N) is 1. The molecule has 53 heavy (non-hydrogen) atoms. The van der Waals surface area contributed by atoms with E-state index in [1.165, 1.54) is 6.20 Å². The number of carbonyl (C=O) groups is 2. The Hall–Kier alpha value is -4.65. The molecule has 2 aromatic carbocycles. The smallest absolute Gasteiger partial charge is 0.416 e. The van der Waals surface area contributed by atoms with Gasteiger partial charge in [0.2, 0.25) is 0 Å². The molecule has 1 aromatic heterocycles. The van der Waals surface area contributed by atoms with Gasteiger partial charge < -0.3 is 25.2 Å². The number of ether oxygens (including phenoxy) is 2. The molecule has 0 radical (unpaired) electrons. The molecule has 0 aliphatic carbocycles. The van der Waals surface area contributed by atoms with Gasteiger partial charge in [0, 0.05) is 31.8 Å². The zero-order valence-corrected chi connectivity index (χ0v) is 28.0. The molecule has 5 rings (SSSR count). The molecule has 288 valence electrons. The highest BCUT2D eigenvalue weighted by atomic mass is 19.4. The zero-order chi connectivity index (χ0) is 38.9. The maximum Gasteiger partial charge on any atom is 0.416 e. The van der Waals surface area contributed by atoms with Crippen molar-refractivity contribution in [2.75, 3.05) is 42.7 Å². The third-order valence-corrected chi connectivity index (χ3v) is 9.08. The number of anilines is 2. The molecule has 3 heterocycles. The summed E-state index contributed by atoms with van der Waals surface area (Å²) < 4.78 is 135. The monoisotopic (exact) mass is 763 g/mol. The molecule has 10 nitrogen and oxygen atoms in total. The van der Waals surface area contributed by atoms with E-state index in [-0.39, 0.29) is 98.7 Å². The van der Waals surface area contributed by atoms with Gasteiger partial charge in [-0.1, -0.05) is 6.92 Å². The Morgan fingerprint density at radius 2 is 1.57 bits per heavy atom. The minimum atomic E-state index is -5.12. The van der Waals surface area contributed by atoms with Crippen LogP contribution in [0.5, 0.6) is 0 Å². The SMILES string of the molecule is CC[C@]1(N)C[C@H](c2ncc(N3CCOCC3)c(Cc3cc(C(F)(F)F)cc(C(F)(F)F)c3)n2)c2cc(C(F)(F)F)ccc2N1C(=O)OCCCC(=O)O. The summed E-state index contributed by atoms with van der Waals surface area (Å²) in [5.74, 6) is -2.43. The van der Waals surface area contributed by atoms with Crippen LogP contribution in [0, 0.1) is 0 Å². The maximum atomic E-state index is 14.0. The fourth-order valence-electron chi connectivity index (χ4n) is 6.38. The number of amides is 1. The van der Waals surface area contributed by atoms with E-state index in [0.717, 1.165) is 23.1 Å². The van der Waals surface area contributed by atoms with Crippen molar-refractivity contribution in [2.24, 2.45) is 5.73 Å². The number of aliphatic carboxylic acids is 1. The third kappa shape index (κ3) is 8.94. The fourth-order valence-corrected chi connectivity index (χ4v) is 6.38. The predicted octanol–water partition coefficient (Wildman–Crippen LogP) is 7.37. The quantitative estimate of drug-likeness (QED) is 0.170. The number of hydrogen-bond donors (Lipinski definition) is 2. The molecule has 0 spiro atoms. The van der Waals surface area contributed by atoms with E-state index < -0.39 is 65.3 Å². The van der Waals surface area contributed by atoms with Crippen molar-refractivity contribution >= 4 is 23.4 Å². The van der Waals surface area contributed by atoms with Crippen molar-refractivity contribution in [1.82, 2.24) is 9.97 Å². The lowest BCUT2D eigenvalue weighted by Crippen LogP contribution is -2.61. The summed E-state index contributed by atoms with van der Waals surface area (Å²) in [4.78, 5) is 36.1. The Bertz CT molecular complexity index is 1800. The zero-order valence-electron chi connectivity index (χ0n) is 28.0. The highest BCUT2D eigenvalue weighted by Crippen LogP contribution is 2.48. The van der Waals surface area contributed by atoms with Gasteiger partial charge in [-0.3, -0.25) is 9.69 Å². The van der Waals surface area contributed by atoms with Crippen LogP contribution >= 0.6 is 0 Å². The predicted molar refractivity (Wildman–Crippen MR) is 170 cm³/mol. The fraction of sp³-hybridized carbons (Fsp3) is 0.471. The van der Waals surface area contributed by atoms with Crippen LogP contribution in [0.4, 0.5) is 55.7 Å². The number of nitrogens with zero attached hydrogens (tertiary/aromatic N) is 4. The minimum absolute atomic E-state index is 0.00253. The molecule has 2 aliphatic rings. The van der Waals surface area contributed by atoms with E-state index in [0.29, 0.717) is 12.1 Å². The number of fused-ring (bicyclic) bond motifs is 1. The molecule has 3 aromatic rings. The highest BCUT2D eigenvalue weighted by Gasteiger charge is 2.47. The number of benzene rings is 2. The van der Waals surface area contributed by atoms with Gasteiger partial charge in [-0.2, -0.15) is 39.5 Å². The first-order valence-corrected chi connectivity index (χ1v) is 16.4. The molecule has 0 bridgehead atoms. The standard InChI is InChI=1S/C34H34F9N5O5/c1-2-31(44)17-24(23-16-20(32(35,36)37)5-6-26(23)48(31)30(51)53-9-3-4-28(49)50)29-45-18-27(47-7-10-52-11-8-47)25(46-29)14-19-12-21(33(38,39)40)15-22(13-19)34(41,42)43/h5-6,12-13,15-16,18,24H,2-4,7-11,14,17,44H2,1H3,(H,49,50)/t24-,31+/m0/s1. The van der Waals surface area contributed by atoms with Gasteiger partial charge >= 0.3 is 30.6 Å².